The molecule has 174 valence electrons. The van der Waals surface area contributed by atoms with Crippen LogP contribution >= 0.6 is 11.3 Å². The lowest BCUT2D eigenvalue weighted by Gasteiger charge is -2.16. The quantitative estimate of drug-likeness (QED) is 0.418. The first-order valence-corrected chi connectivity index (χ1v) is 12.9. The van der Waals surface area contributed by atoms with Gasteiger partial charge in [0, 0.05) is 38.1 Å². The number of hydrogen-bond acceptors (Lipinski definition) is 9. The number of aromatic nitrogens is 3. The van der Waals surface area contributed by atoms with Crippen LogP contribution in [0.2, 0.25) is 0 Å². The number of anilines is 2. The lowest BCUT2D eigenvalue weighted by Crippen LogP contribution is -2.23. The third-order valence-corrected chi connectivity index (χ3v) is 8.88. The Kier molecular flexibility index (Phi) is 5.70. The molecule has 0 amide bonds. The van der Waals surface area contributed by atoms with Crippen LogP contribution < -0.4 is 20.8 Å². The monoisotopic (exact) mass is 486 g/mol. The molecule has 3 aromatic rings. The summed E-state index contributed by atoms with van der Waals surface area (Å²) in [5.41, 5.74) is 8.72. The maximum Gasteiger partial charge on any atom is 0.250 e. The average molecular weight is 487 g/mol. The zero-order valence-corrected chi connectivity index (χ0v) is 20.3. The van der Waals surface area contributed by atoms with Gasteiger partial charge in [0.1, 0.15) is 4.21 Å². The average Bonchev–Trinajstić information content (AvgIpc) is 3.52. The molecule has 0 bridgehead atoms. The Morgan fingerprint density at radius 2 is 2.09 bits per heavy atom. The molecule has 5 heterocycles. The maximum absolute atomic E-state index is 12.3. The minimum atomic E-state index is -3.53. The van der Waals surface area contributed by atoms with Gasteiger partial charge in [-0.25, -0.2) is 28.5 Å². The van der Waals surface area contributed by atoms with E-state index in [1.54, 1.807) is 6.92 Å². The number of imidazole rings is 1. The lowest BCUT2D eigenvalue weighted by molar-refractivity contribution is 0.374. The fraction of sp³-hybridized carbons (Fsp3) is 0.333. The van der Waals surface area contributed by atoms with E-state index in [0.717, 1.165) is 42.0 Å². The van der Waals surface area contributed by atoms with Crippen LogP contribution in [0.4, 0.5) is 10.8 Å². The number of sulfonamides is 1. The molecule has 10 nitrogen and oxygen atoms in total. The third kappa shape index (κ3) is 4.15. The van der Waals surface area contributed by atoms with Gasteiger partial charge in [-0.15, -0.1) is 11.3 Å². The molecular weight excluding hydrogens is 460 g/mol. The van der Waals surface area contributed by atoms with Crippen LogP contribution in [0.1, 0.15) is 23.4 Å². The smallest absolute Gasteiger partial charge is 0.250 e. The molecule has 5 rings (SSSR count). The number of nitrogens with one attached hydrogen (secondary N) is 4. The van der Waals surface area contributed by atoms with Crippen LogP contribution in [0.25, 0.3) is 16.8 Å². The highest BCUT2D eigenvalue weighted by molar-refractivity contribution is 7.91. The van der Waals surface area contributed by atoms with Crippen LogP contribution in [-0.2, 0) is 10.0 Å². The largest absolute Gasteiger partial charge is 0.329 e. The molecule has 3 aromatic heterocycles. The molecule has 0 spiro atoms. The van der Waals surface area contributed by atoms with Gasteiger partial charge in [0.2, 0.25) is 10.0 Å². The predicted molar refractivity (Wildman–Crippen MR) is 131 cm³/mol. The second-order valence-electron chi connectivity index (χ2n) is 8.02. The van der Waals surface area contributed by atoms with Crippen LogP contribution in [0, 0.1) is 6.92 Å². The van der Waals surface area contributed by atoms with E-state index in [-0.39, 0.29) is 4.21 Å². The molecule has 12 heteroatoms. The first kappa shape index (κ1) is 22.0. The maximum atomic E-state index is 12.3. The second kappa shape index (κ2) is 8.54. The molecule has 2 aliphatic heterocycles. The fourth-order valence-corrected chi connectivity index (χ4v) is 6.43. The Hall–Kier alpha value is -2.77. The summed E-state index contributed by atoms with van der Waals surface area (Å²) in [4.78, 5) is 9.54. The fourth-order valence-electron chi connectivity index (χ4n) is 4.00. The molecule has 0 unspecified atom stereocenters. The molecule has 33 heavy (non-hydrogen) atoms. The Bertz CT molecular complexity index is 1390. The number of aryl methyl sites for hydroxylation is 1. The van der Waals surface area contributed by atoms with Gasteiger partial charge in [-0.3, -0.25) is 4.40 Å². The van der Waals surface area contributed by atoms with Gasteiger partial charge >= 0.3 is 0 Å². The number of thiophene rings is 1. The molecule has 0 radical (unpaired) electrons. The van der Waals surface area contributed by atoms with Gasteiger partial charge in [-0.1, -0.05) is 6.08 Å². The SMILES string of the molecule is CNS(=O)(=O)c1sc(Nc2nc(C3=CCCNC3)cn3c(C4=CN(C)NC4)cnc23)cc1C. The van der Waals surface area contributed by atoms with Crippen molar-refractivity contribution in [2.75, 3.05) is 39.0 Å². The molecule has 0 saturated carbocycles. The normalized spacial score (nSPS) is 16.9. The molecule has 0 aliphatic carbocycles. The van der Waals surface area contributed by atoms with Gasteiger partial charge in [-0.2, -0.15) is 0 Å². The van der Waals surface area contributed by atoms with Crippen molar-refractivity contribution in [3.8, 4) is 0 Å². The highest BCUT2D eigenvalue weighted by atomic mass is 32.2. The van der Waals surface area contributed by atoms with E-state index in [4.69, 9.17) is 4.98 Å². The van der Waals surface area contributed by atoms with Gasteiger partial charge in [0.05, 0.1) is 22.6 Å². The zero-order chi connectivity index (χ0) is 23.2. The molecular formula is C21H26N8O2S2. The molecule has 4 N–H and O–H groups in total. The molecule has 0 saturated heterocycles. The van der Waals surface area contributed by atoms with Crippen LogP contribution in [0.5, 0.6) is 0 Å². The van der Waals surface area contributed by atoms with Crippen molar-refractivity contribution >= 4 is 49.0 Å². The number of nitrogens with zero attached hydrogens (tertiary/aromatic N) is 4. The summed E-state index contributed by atoms with van der Waals surface area (Å²) in [6.07, 6.45) is 9.08. The number of rotatable bonds is 6. The Morgan fingerprint density at radius 3 is 2.79 bits per heavy atom. The summed E-state index contributed by atoms with van der Waals surface area (Å²) in [5, 5.41) is 9.36. The number of hydrogen-bond donors (Lipinski definition) is 4. The summed E-state index contributed by atoms with van der Waals surface area (Å²) < 4.78 is 29.4. The van der Waals surface area contributed by atoms with Crippen molar-refractivity contribution in [2.45, 2.75) is 17.6 Å². The summed E-state index contributed by atoms with van der Waals surface area (Å²) in [5.74, 6) is 0.583. The zero-order valence-electron chi connectivity index (χ0n) is 18.6. The minimum Gasteiger partial charge on any atom is -0.329 e. The minimum absolute atomic E-state index is 0.285. The standard InChI is InChI=1S/C21H26N8O2S2/c1-13-7-18(32-21(13)33(30,31)22-2)27-19-20-24-10-17(15-9-25-28(3)11-15)29(20)12-16(26-19)14-5-4-6-23-8-14/h5,7,10-12,22-23,25H,4,6,8-9H2,1-3H3,(H,26,27). The second-order valence-corrected chi connectivity index (χ2v) is 11.2. The summed E-state index contributed by atoms with van der Waals surface area (Å²) in [6.45, 7) is 4.20. The van der Waals surface area contributed by atoms with E-state index in [1.165, 1.54) is 18.4 Å². The first-order chi connectivity index (χ1) is 15.9. The summed E-state index contributed by atoms with van der Waals surface area (Å²) in [7, 11) is -0.152. The summed E-state index contributed by atoms with van der Waals surface area (Å²) >= 11 is 1.17. The van der Waals surface area contributed by atoms with E-state index >= 15 is 0 Å². The van der Waals surface area contributed by atoms with Crippen LogP contribution in [0.3, 0.4) is 0 Å². The molecule has 2 aliphatic rings. The Labute approximate surface area is 196 Å². The van der Waals surface area contributed by atoms with E-state index in [1.807, 2.05) is 30.5 Å². The summed E-state index contributed by atoms with van der Waals surface area (Å²) in [6, 6.07) is 1.82. The highest BCUT2D eigenvalue weighted by Crippen LogP contribution is 2.34. The Balaban J connectivity index is 1.62. The van der Waals surface area contributed by atoms with Gasteiger partial charge < -0.3 is 15.6 Å². The highest BCUT2D eigenvalue weighted by Gasteiger charge is 2.22. The predicted octanol–water partition coefficient (Wildman–Crippen LogP) is 1.92. The van der Waals surface area contributed by atoms with Crippen molar-refractivity contribution in [1.82, 2.24) is 34.8 Å². The first-order valence-electron chi connectivity index (χ1n) is 10.6. The van der Waals surface area contributed by atoms with Gasteiger partial charge in [-0.05, 0) is 44.1 Å². The number of fused-ring (bicyclic) bond motifs is 1. The van der Waals surface area contributed by atoms with Crippen molar-refractivity contribution in [2.24, 2.45) is 0 Å². The van der Waals surface area contributed by atoms with Crippen LogP contribution in [0.15, 0.2) is 34.9 Å². The van der Waals surface area contributed by atoms with Gasteiger partial charge in [0.15, 0.2) is 11.5 Å². The molecule has 0 aromatic carbocycles. The van der Waals surface area contributed by atoms with Crippen molar-refractivity contribution < 1.29 is 8.42 Å². The van der Waals surface area contributed by atoms with E-state index in [0.29, 0.717) is 28.6 Å². The topological polar surface area (TPSA) is 116 Å². The van der Waals surface area contributed by atoms with Crippen molar-refractivity contribution in [3.63, 3.8) is 0 Å². The van der Waals surface area contributed by atoms with E-state index in [2.05, 4.69) is 42.4 Å². The Morgan fingerprint density at radius 1 is 1.24 bits per heavy atom. The molecule has 0 fully saturated rings. The lowest BCUT2D eigenvalue weighted by atomic mass is 10.1. The molecule has 0 atom stereocenters. The third-order valence-electron chi connectivity index (χ3n) is 5.67. The van der Waals surface area contributed by atoms with Crippen molar-refractivity contribution in [1.29, 1.82) is 0 Å². The van der Waals surface area contributed by atoms with E-state index < -0.39 is 10.0 Å². The number of hydrazine groups is 1. The van der Waals surface area contributed by atoms with Crippen molar-refractivity contribution in [3.05, 3.63) is 47.7 Å². The van der Waals surface area contributed by atoms with Gasteiger partial charge in [0.25, 0.3) is 0 Å². The van der Waals surface area contributed by atoms with E-state index in [9.17, 15) is 8.42 Å². The van der Waals surface area contributed by atoms with Crippen LogP contribution in [-0.4, -0.2) is 61.5 Å².